The van der Waals surface area contributed by atoms with Crippen LogP contribution in [0.5, 0.6) is 0 Å². The third kappa shape index (κ3) is 5.04. The zero-order chi connectivity index (χ0) is 22.2. The Balaban J connectivity index is 1.54. The minimum absolute atomic E-state index is 0.166. The Labute approximate surface area is 177 Å². The molecule has 31 heavy (non-hydrogen) atoms. The Morgan fingerprint density at radius 1 is 1.26 bits per heavy atom. The second kappa shape index (κ2) is 8.05. The minimum atomic E-state index is -2.89. The van der Waals surface area contributed by atoms with Gasteiger partial charge in [-0.15, -0.1) is 0 Å². The molecule has 2 heterocycles. The molecule has 3 N–H and O–H groups in total. The maximum absolute atomic E-state index is 12.9. The van der Waals surface area contributed by atoms with E-state index in [1.54, 1.807) is 30.5 Å². The largest absolute Gasteiger partial charge is 0.369 e. The van der Waals surface area contributed by atoms with Crippen LogP contribution in [0.1, 0.15) is 32.6 Å². The van der Waals surface area contributed by atoms with Crippen molar-refractivity contribution in [2.45, 2.75) is 45.1 Å². The normalized spacial score (nSPS) is 14.0. The standard InChI is InChI=1S/C22H23F2N5O2/c1-22(23,24)9-8-19(30)28-18-7-5-15(11-26-18)14-4-6-17-16(10-14)20(31)29(21(25)27-17)12-13-2-3-13/h4-7,10-11,13H,2-3,8-9,12H2,1H3,(H2,25,27)(H,26,28,30). The van der Waals surface area contributed by atoms with Gasteiger partial charge in [-0.25, -0.2) is 18.7 Å². The molecule has 1 amide bonds. The fourth-order valence-electron chi connectivity index (χ4n) is 3.33. The van der Waals surface area contributed by atoms with Crippen LogP contribution in [0.15, 0.2) is 41.3 Å². The number of anilines is 2. The van der Waals surface area contributed by atoms with Gasteiger partial charge < -0.3 is 11.1 Å². The van der Waals surface area contributed by atoms with Crippen LogP contribution in [0.3, 0.4) is 0 Å². The Kier molecular flexibility index (Phi) is 5.43. The second-order valence-corrected chi connectivity index (χ2v) is 8.11. The van der Waals surface area contributed by atoms with E-state index in [1.807, 2.05) is 6.07 Å². The van der Waals surface area contributed by atoms with Crippen molar-refractivity contribution in [3.05, 3.63) is 46.9 Å². The van der Waals surface area contributed by atoms with E-state index in [1.165, 1.54) is 4.57 Å². The van der Waals surface area contributed by atoms with E-state index in [4.69, 9.17) is 5.73 Å². The van der Waals surface area contributed by atoms with Crippen molar-refractivity contribution in [1.82, 2.24) is 14.5 Å². The molecule has 4 rings (SSSR count). The Morgan fingerprint density at radius 2 is 2.00 bits per heavy atom. The highest BCUT2D eigenvalue weighted by atomic mass is 19.3. The summed E-state index contributed by atoms with van der Waals surface area (Å²) in [5.74, 6) is -2.43. The molecular weight excluding hydrogens is 404 g/mol. The molecule has 0 unspecified atom stereocenters. The molecule has 7 nitrogen and oxygen atoms in total. The average Bonchev–Trinajstić information content (AvgIpc) is 3.54. The highest BCUT2D eigenvalue weighted by Crippen LogP contribution is 2.31. The van der Waals surface area contributed by atoms with Crippen LogP contribution in [0.25, 0.3) is 22.0 Å². The third-order valence-corrected chi connectivity index (χ3v) is 5.28. The lowest BCUT2D eigenvalue weighted by atomic mass is 10.1. The molecule has 2 aromatic heterocycles. The summed E-state index contributed by atoms with van der Waals surface area (Å²) < 4.78 is 27.3. The number of nitrogens with zero attached hydrogens (tertiary/aromatic N) is 3. The summed E-state index contributed by atoms with van der Waals surface area (Å²) in [5.41, 5.74) is 7.85. The Bertz CT molecular complexity index is 1180. The molecule has 162 valence electrons. The van der Waals surface area contributed by atoms with Gasteiger partial charge in [0.2, 0.25) is 17.8 Å². The number of nitrogens with one attached hydrogen (secondary N) is 1. The molecule has 0 bridgehead atoms. The van der Waals surface area contributed by atoms with Crippen molar-refractivity contribution in [3.8, 4) is 11.1 Å². The number of aromatic nitrogens is 3. The summed E-state index contributed by atoms with van der Waals surface area (Å²) in [6.07, 6.45) is 2.93. The van der Waals surface area contributed by atoms with Gasteiger partial charge in [-0.2, -0.15) is 0 Å². The van der Waals surface area contributed by atoms with Gasteiger partial charge in [-0.1, -0.05) is 6.07 Å². The smallest absolute Gasteiger partial charge is 0.262 e. The van der Waals surface area contributed by atoms with Gasteiger partial charge >= 0.3 is 0 Å². The van der Waals surface area contributed by atoms with Gasteiger partial charge in [0, 0.05) is 31.1 Å². The van der Waals surface area contributed by atoms with E-state index in [9.17, 15) is 18.4 Å². The average molecular weight is 427 g/mol. The minimum Gasteiger partial charge on any atom is -0.369 e. The summed E-state index contributed by atoms with van der Waals surface area (Å²) >= 11 is 0. The number of nitrogens with two attached hydrogens (primary N) is 1. The fourth-order valence-corrected chi connectivity index (χ4v) is 3.33. The SMILES string of the molecule is CC(F)(F)CCC(=O)Nc1ccc(-c2ccc3nc(N)n(CC4CC4)c(=O)c3c2)cn1. The number of pyridine rings is 1. The van der Waals surface area contributed by atoms with E-state index in [-0.39, 0.29) is 23.7 Å². The molecule has 0 radical (unpaired) electrons. The summed E-state index contributed by atoms with van der Waals surface area (Å²) in [4.78, 5) is 33.3. The highest BCUT2D eigenvalue weighted by molar-refractivity contribution is 5.90. The summed E-state index contributed by atoms with van der Waals surface area (Å²) in [7, 11) is 0. The molecule has 0 saturated heterocycles. The van der Waals surface area contributed by atoms with Crippen molar-refractivity contribution in [3.63, 3.8) is 0 Å². The van der Waals surface area contributed by atoms with Crippen LogP contribution in [0.2, 0.25) is 0 Å². The van der Waals surface area contributed by atoms with Crippen LogP contribution >= 0.6 is 0 Å². The van der Waals surface area contributed by atoms with Crippen molar-refractivity contribution >= 4 is 28.6 Å². The van der Waals surface area contributed by atoms with E-state index in [0.29, 0.717) is 23.4 Å². The van der Waals surface area contributed by atoms with E-state index < -0.39 is 18.3 Å². The molecule has 0 atom stereocenters. The molecule has 0 aliphatic heterocycles. The highest BCUT2D eigenvalue weighted by Gasteiger charge is 2.24. The van der Waals surface area contributed by atoms with Crippen molar-refractivity contribution in [1.29, 1.82) is 0 Å². The number of benzene rings is 1. The summed E-state index contributed by atoms with van der Waals surface area (Å²) in [6, 6.07) is 8.65. The van der Waals surface area contributed by atoms with Gasteiger partial charge in [-0.05, 0) is 55.5 Å². The molecule has 3 aromatic rings. The quantitative estimate of drug-likeness (QED) is 0.597. The number of alkyl halides is 2. The predicted molar refractivity (Wildman–Crippen MR) is 115 cm³/mol. The summed E-state index contributed by atoms with van der Waals surface area (Å²) in [6.45, 7) is 1.36. The first-order chi connectivity index (χ1) is 14.7. The number of amides is 1. The molecular formula is C22H23F2N5O2. The van der Waals surface area contributed by atoms with Crippen LogP contribution < -0.4 is 16.6 Å². The Morgan fingerprint density at radius 3 is 2.65 bits per heavy atom. The second-order valence-electron chi connectivity index (χ2n) is 8.11. The maximum atomic E-state index is 12.9. The zero-order valence-electron chi connectivity index (χ0n) is 17.1. The molecule has 0 spiro atoms. The first-order valence-electron chi connectivity index (χ1n) is 10.1. The number of carbonyl (C=O) groups is 1. The molecule has 1 aliphatic rings. The van der Waals surface area contributed by atoms with Crippen LogP contribution in [-0.4, -0.2) is 26.4 Å². The van der Waals surface area contributed by atoms with Gasteiger partial charge in [0.1, 0.15) is 5.82 Å². The van der Waals surface area contributed by atoms with Gasteiger partial charge in [0.05, 0.1) is 10.9 Å². The molecule has 1 saturated carbocycles. The molecule has 1 fully saturated rings. The third-order valence-electron chi connectivity index (χ3n) is 5.28. The number of hydrogen-bond donors (Lipinski definition) is 2. The lowest BCUT2D eigenvalue weighted by molar-refractivity contribution is -0.118. The van der Waals surface area contributed by atoms with Crippen molar-refractivity contribution < 1.29 is 13.6 Å². The topological polar surface area (TPSA) is 103 Å². The number of halogens is 2. The van der Waals surface area contributed by atoms with Crippen LogP contribution in [0.4, 0.5) is 20.5 Å². The molecule has 1 aliphatic carbocycles. The monoisotopic (exact) mass is 427 g/mol. The van der Waals surface area contributed by atoms with Crippen molar-refractivity contribution in [2.24, 2.45) is 5.92 Å². The lowest BCUT2D eigenvalue weighted by Gasteiger charge is -2.11. The first kappa shape index (κ1) is 20.9. The van der Waals surface area contributed by atoms with Gasteiger partial charge in [0.25, 0.3) is 5.56 Å². The first-order valence-corrected chi connectivity index (χ1v) is 10.1. The zero-order valence-corrected chi connectivity index (χ0v) is 17.1. The van der Waals surface area contributed by atoms with E-state index in [2.05, 4.69) is 15.3 Å². The van der Waals surface area contributed by atoms with Crippen molar-refractivity contribution in [2.75, 3.05) is 11.1 Å². The van der Waals surface area contributed by atoms with E-state index >= 15 is 0 Å². The predicted octanol–water partition coefficient (Wildman–Crippen LogP) is 3.82. The number of rotatable bonds is 7. The van der Waals surface area contributed by atoms with Crippen LogP contribution in [0, 0.1) is 5.92 Å². The number of carbonyl (C=O) groups excluding carboxylic acids is 1. The Hall–Kier alpha value is -3.36. The lowest BCUT2D eigenvalue weighted by Crippen LogP contribution is -2.25. The van der Waals surface area contributed by atoms with Crippen LogP contribution in [-0.2, 0) is 11.3 Å². The number of fused-ring (bicyclic) bond motifs is 1. The molecule has 1 aromatic carbocycles. The van der Waals surface area contributed by atoms with Gasteiger partial charge in [0.15, 0.2) is 0 Å². The van der Waals surface area contributed by atoms with Gasteiger partial charge in [-0.3, -0.25) is 14.2 Å². The maximum Gasteiger partial charge on any atom is 0.262 e. The molecule has 9 heteroatoms. The fraction of sp³-hybridized carbons (Fsp3) is 0.364. The number of hydrogen-bond acceptors (Lipinski definition) is 5. The number of nitrogen functional groups attached to an aromatic ring is 1. The van der Waals surface area contributed by atoms with E-state index in [0.717, 1.165) is 30.9 Å². The summed E-state index contributed by atoms with van der Waals surface area (Å²) in [5, 5.41) is 2.99.